The van der Waals surface area contributed by atoms with Crippen molar-refractivity contribution in [2.24, 2.45) is 0 Å². The average Bonchev–Trinajstić information content (AvgIpc) is 2.75. The molecule has 3 nitrogen and oxygen atoms in total. The molecule has 0 saturated heterocycles. The van der Waals surface area contributed by atoms with Gasteiger partial charge in [-0.2, -0.15) is 0 Å². The number of fused-ring (bicyclic) bond motifs is 1. The van der Waals surface area contributed by atoms with Gasteiger partial charge in [-0.3, -0.25) is 4.40 Å². The smallest absolute Gasteiger partial charge is 0.169 e. The molecule has 4 heteroatoms. The number of hydrogen-bond donors (Lipinski definition) is 0. The molecule has 2 aromatic heterocycles. The van der Waals surface area contributed by atoms with Gasteiger partial charge in [0.25, 0.3) is 0 Å². The Morgan fingerprint density at radius 1 is 0.875 bits per heavy atom. The summed E-state index contributed by atoms with van der Waals surface area (Å²) in [5.41, 5.74) is 1.90. The largest absolute Gasteiger partial charge is 0.269 e. The molecule has 3 aromatic rings. The number of hydrogen-bond acceptors (Lipinski definition) is 2. The highest BCUT2D eigenvalue weighted by atomic mass is 79.9. The topological polar surface area (TPSA) is 30.2 Å². The fraction of sp³-hybridized carbons (Fsp3) is 0. The molecule has 0 atom stereocenters. The van der Waals surface area contributed by atoms with Gasteiger partial charge in [0.05, 0.1) is 4.60 Å². The van der Waals surface area contributed by atoms with Crippen molar-refractivity contribution in [2.45, 2.75) is 0 Å². The van der Waals surface area contributed by atoms with E-state index in [0.717, 1.165) is 21.6 Å². The molecule has 3 rings (SSSR count). The van der Waals surface area contributed by atoms with E-state index in [-0.39, 0.29) is 0 Å². The second-order valence-electron chi connectivity index (χ2n) is 3.43. The van der Waals surface area contributed by atoms with Crippen LogP contribution < -0.4 is 0 Å². The summed E-state index contributed by atoms with van der Waals surface area (Å²) in [6.45, 7) is 0. The third kappa shape index (κ3) is 1.42. The lowest BCUT2D eigenvalue weighted by molar-refractivity contribution is 1.10. The average molecular weight is 274 g/mol. The van der Waals surface area contributed by atoms with Gasteiger partial charge in [0.15, 0.2) is 11.5 Å². The molecule has 16 heavy (non-hydrogen) atoms. The molecule has 0 aliphatic carbocycles. The van der Waals surface area contributed by atoms with Crippen molar-refractivity contribution < 1.29 is 0 Å². The first kappa shape index (κ1) is 9.54. The summed E-state index contributed by atoms with van der Waals surface area (Å²) in [7, 11) is 0. The van der Waals surface area contributed by atoms with Crippen molar-refractivity contribution in [2.75, 3.05) is 0 Å². The van der Waals surface area contributed by atoms with Gasteiger partial charge in [-0.05, 0) is 28.1 Å². The van der Waals surface area contributed by atoms with Crippen LogP contribution in [0.25, 0.3) is 17.0 Å². The van der Waals surface area contributed by atoms with Crippen LogP contribution in [0.5, 0.6) is 0 Å². The number of pyridine rings is 1. The van der Waals surface area contributed by atoms with E-state index < -0.39 is 0 Å². The molecular weight excluding hydrogens is 266 g/mol. The highest BCUT2D eigenvalue weighted by Gasteiger charge is 2.08. The van der Waals surface area contributed by atoms with Crippen molar-refractivity contribution >= 4 is 21.6 Å². The molecular formula is C12H8BrN3. The maximum atomic E-state index is 4.21. The molecule has 0 amide bonds. The first-order chi connectivity index (χ1) is 7.86. The van der Waals surface area contributed by atoms with Crippen LogP contribution in [-0.4, -0.2) is 14.6 Å². The SMILES string of the molecule is Brc1cccc2nnc(-c3ccccc3)n12. The van der Waals surface area contributed by atoms with Crippen LogP contribution in [0, 0.1) is 0 Å². The summed E-state index contributed by atoms with van der Waals surface area (Å²) < 4.78 is 2.93. The second kappa shape index (κ2) is 3.72. The second-order valence-corrected chi connectivity index (χ2v) is 4.24. The molecule has 0 aliphatic rings. The lowest BCUT2D eigenvalue weighted by atomic mass is 10.2. The maximum Gasteiger partial charge on any atom is 0.169 e. The minimum absolute atomic E-state index is 0.841. The van der Waals surface area contributed by atoms with Gasteiger partial charge in [-0.15, -0.1) is 10.2 Å². The fourth-order valence-electron chi connectivity index (χ4n) is 1.68. The quantitative estimate of drug-likeness (QED) is 0.638. The summed E-state index contributed by atoms with van der Waals surface area (Å²) in [5, 5.41) is 8.35. The zero-order valence-electron chi connectivity index (χ0n) is 8.34. The molecule has 0 fully saturated rings. The van der Waals surface area contributed by atoms with Gasteiger partial charge < -0.3 is 0 Å². The van der Waals surface area contributed by atoms with E-state index in [1.807, 2.05) is 52.9 Å². The van der Waals surface area contributed by atoms with Crippen LogP contribution in [0.3, 0.4) is 0 Å². The van der Waals surface area contributed by atoms with E-state index in [1.54, 1.807) is 0 Å². The Balaban J connectivity index is 2.33. The minimum Gasteiger partial charge on any atom is -0.269 e. The highest BCUT2D eigenvalue weighted by Crippen LogP contribution is 2.21. The molecule has 0 bridgehead atoms. The maximum absolute atomic E-state index is 4.21. The summed E-state index contributed by atoms with van der Waals surface area (Å²) in [6, 6.07) is 15.9. The third-order valence-corrected chi connectivity index (χ3v) is 3.03. The lowest BCUT2D eigenvalue weighted by Crippen LogP contribution is -1.90. The number of nitrogens with zero attached hydrogens (tertiary/aromatic N) is 3. The molecule has 0 spiro atoms. The summed E-state index contributed by atoms with van der Waals surface area (Å²) in [6.07, 6.45) is 0. The highest BCUT2D eigenvalue weighted by molar-refractivity contribution is 9.10. The summed E-state index contributed by atoms with van der Waals surface area (Å²) in [5.74, 6) is 0.850. The Kier molecular flexibility index (Phi) is 2.22. The number of halogens is 1. The van der Waals surface area contributed by atoms with E-state index >= 15 is 0 Å². The Labute approximate surface area is 101 Å². The standard InChI is InChI=1S/C12H8BrN3/c13-10-7-4-8-11-14-15-12(16(10)11)9-5-2-1-3-6-9/h1-8H. The lowest BCUT2D eigenvalue weighted by Gasteiger charge is -2.01. The van der Waals surface area contributed by atoms with Crippen molar-refractivity contribution in [3.8, 4) is 11.4 Å². The third-order valence-electron chi connectivity index (χ3n) is 2.41. The fourth-order valence-corrected chi connectivity index (χ4v) is 2.18. The van der Waals surface area contributed by atoms with Crippen LogP contribution in [-0.2, 0) is 0 Å². The zero-order valence-corrected chi connectivity index (χ0v) is 9.92. The Morgan fingerprint density at radius 3 is 2.50 bits per heavy atom. The van der Waals surface area contributed by atoms with Gasteiger partial charge in [0, 0.05) is 5.56 Å². The first-order valence-corrected chi connectivity index (χ1v) is 5.70. The van der Waals surface area contributed by atoms with E-state index in [1.165, 1.54) is 0 Å². The van der Waals surface area contributed by atoms with Gasteiger partial charge in [-0.25, -0.2) is 0 Å². The summed E-state index contributed by atoms with van der Waals surface area (Å²) in [4.78, 5) is 0. The van der Waals surface area contributed by atoms with Crippen LogP contribution in [0.2, 0.25) is 0 Å². The molecule has 0 unspecified atom stereocenters. The molecule has 2 heterocycles. The Hall–Kier alpha value is -1.68. The minimum atomic E-state index is 0.841. The van der Waals surface area contributed by atoms with Gasteiger partial charge in [-0.1, -0.05) is 36.4 Å². The molecule has 0 aliphatic heterocycles. The van der Waals surface area contributed by atoms with Crippen molar-refractivity contribution in [3.63, 3.8) is 0 Å². The zero-order chi connectivity index (χ0) is 11.0. The first-order valence-electron chi connectivity index (χ1n) is 4.91. The van der Waals surface area contributed by atoms with Gasteiger partial charge in [0.1, 0.15) is 0 Å². The van der Waals surface area contributed by atoms with Gasteiger partial charge in [0.2, 0.25) is 0 Å². The number of rotatable bonds is 1. The van der Waals surface area contributed by atoms with Gasteiger partial charge >= 0.3 is 0 Å². The monoisotopic (exact) mass is 273 g/mol. The van der Waals surface area contributed by atoms with E-state index in [9.17, 15) is 0 Å². The van der Waals surface area contributed by atoms with Crippen LogP contribution >= 0.6 is 15.9 Å². The van der Waals surface area contributed by atoms with Crippen LogP contribution in [0.4, 0.5) is 0 Å². The molecule has 0 N–H and O–H groups in total. The summed E-state index contributed by atoms with van der Waals surface area (Å²) >= 11 is 3.51. The van der Waals surface area contributed by atoms with E-state index in [4.69, 9.17) is 0 Å². The van der Waals surface area contributed by atoms with Crippen molar-refractivity contribution in [3.05, 3.63) is 53.1 Å². The molecule has 78 valence electrons. The normalized spacial score (nSPS) is 10.8. The number of benzene rings is 1. The van der Waals surface area contributed by atoms with Crippen LogP contribution in [0.1, 0.15) is 0 Å². The number of aromatic nitrogens is 3. The molecule has 0 saturated carbocycles. The van der Waals surface area contributed by atoms with E-state index in [2.05, 4.69) is 26.1 Å². The van der Waals surface area contributed by atoms with E-state index in [0.29, 0.717) is 0 Å². The van der Waals surface area contributed by atoms with Crippen molar-refractivity contribution in [1.29, 1.82) is 0 Å². The molecule has 0 radical (unpaired) electrons. The Morgan fingerprint density at radius 2 is 1.69 bits per heavy atom. The van der Waals surface area contributed by atoms with Crippen LogP contribution in [0.15, 0.2) is 53.1 Å². The molecule has 1 aromatic carbocycles. The predicted molar refractivity (Wildman–Crippen MR) is 66.1 cm³/mol. The predicted octanol–water partition coefficient (Wildman–Crippen LogP) is 3.16. The Bertz CT molecular complexity index is 631. The van der Waals surface area contributed by atoms with Crippen molar-refractivity contribution in [1.82, 2.24) is 14.6 Å².